The van der Waals surface area contributed by atoms with Gasteiger partial charge in [0.1, 0.15) is 0 Å². The number of nitro benzene ring substituents is 2. The molecular weight excluding hydrogens is 490 g/mol. The molecule has 0 radical (unpaired) electrons. The number of hydrogen-bond acceptors (Lipinski definition) is 9. The third kappa shape index (κ3) is 5.35. The van der Waals surface area contributed by atoms with Gasteiger partial charge in [0.15, 0.2) is 0 Å². The number of anilines is 1. The minimum atomic E-state index is -0.567. The highest BCUT2D eigenvalue weighted by Crippen LogP contribution is 2.32. The molecule has 36 heavy (non-hydrogen) atoms. The number of imide groups is 1. The summed E-state index contributed by atoms with van der Waals surface area (Å²) in [5.74, 6) is -1.07. The summed E-state index contributed by atoms with van der Waals surface area (Å²) >= 11 is 0.737. The maximum Gasteiger partial charge on any atom is 0.293 e. The molecule has 0 saturated carbocycles. The molecule has 0 unspecified atom stereocenters. The lowest BCUT2D eigenvalue weighted by Crippen LogP contribution is -2.37. The average Bonchev–Trinajstić information content (AvgIpc) is 3.48. The van der Waals surface area contributed by atoms with Gasteiger partial charge in [-0.15, -0.1) is 0 Å². The number of benzene rings is 2. The van der Waals surface area contributed by atoms with Crippen molar-refractivity contribution in [2.45, 2.75) is 12.8 Å². The van der Waals surface area contributed by atoms with Crippen LogP contribution in [0.25, 0.3) is 6.08 Å². The smallest absolute Gasteiger partial charge is 0.293 e. The van der Waals surface area contributed by atoms with Crippen molar-refractivity contribution in [3.05, 3.63) is 78.7 Å². The quantitative estimate of drug-likeness (QED) is 0.318. The second-order valence-electron chi connectivity index (χ2n) is 8.09. The normalized spacial score (nSPS) is 16.6. The van der Waals surface area contributed by atoms with E-state index >= 15 is 0 Å². The van der Waals surface area contributed by atoms with Crippen molar-refractivity contribution >= 4 is 52.0 Å². The van der Waals surface area contributed by atoms with E-state index < -0.39 is 26.9 Å². The average molecular weight is 512 g/mol. The molecule has 186 valence electrons. The summed E-state index contributed by atoms with van der Waals surface area (Å²) in [7, 11) is 0. The highest BCUT2D eigenvalue weighted by Gasteiger charge is 2.35. The summed E-state index contributed by atoms with van der Waals surface area (Å²) in [6.07, 6.45) is 3.40. The number of nitrogens with zero attached hydrogens (tertiary/aromatic N) is 4. The maximum absolute atomic E-state index is 12.9. The number of rotatable bonds is 8. The van der Waals surface area contributed by atoms with Crippen molar-refractivity contribution in [3.8, 4) is 0 Å². The van der Waals surface area contributed by atoms with E-state index in [1.807, 2.05) is 4.90 Å². The van der Waals surface area contributed by atoms with Crippen molar-refractivity contribution < 1.29 is 24.2 Å². The van der Waals surface area contributed by atoms with Gasteiger partial charge in [0, 0.05) is 50.4 Å². The van der Waals surface area contributed by atoms with Gasteiger partial charge in [0.25, 0.3) is 28.4 Å². The minimum Gasteiger partial charge on any atom is -0.371 e. The Morgan fingerprint density at radius 2 is 1.64 bits per heavy atom. The Balaban J connectivity index is 1.41. The summed E-state index contributed by atoms with van der Waals surface area (Å²) in [5, 5.41) is 24.1. The zero-order valence-corrected chi connectivity index (χ0v) is 19.7. The first kappa shape index (κ1) is 24.9. The number of nitrogens with one attached hydrogen (secondary N) is 1. The van der Waals surface area contributed by atoms with E-state index in [4.69, 9.17) is 0 Å². The Labute approximate surface area is 209 Å². The predicted molar refractivity (Wildman–Crippen MR) is 133 cm³/mol. The van der Waals surface area contributed by atoms with Gasteiger partial charge in [-0.1, -0.05) is 0 Å². The van der Waals surface area contributed by atoms with Crippen LogP contribution in [0, 0.1) is 20.2 Å². The molecule has 3 amide bonds. The molecule has 2 aliphatic heterocycles. The third-order valence-electron chi connectivity index (χ3n) is 5.78. The van der Waals surface area contributed by atoms with E-state index in [0.717, 1.165) is 42.6 Å². The number of amides is 3. The molecule has 0 atom stereocenters. The molecule has 13 heteroatoms. The van der Waals surface area contributed by atoms with Crippen LogP contribution < -0.4 is 10.2 Å². The molecule has 0 aromatic heterocycles. The van der Waals surface area contributed by atoms with E-state index in [9.17, 15) is 34.6 Å². The van der Waals surface area contributed by atoms with E-state index in [-0.39, 0.29) is 34.9 Å². The number of thioether (sulfide) groups is 1. The maximum atomic E-state index is 12.9. The van der Waals surface area contributed by atoms with Crippen LogP contribution in [0.2, 0.25) is 0 Å². The van der Waals surface area contributed by atoms with E-state index in [0.29, 0.717) is 11.3 Å². The van der Waals surface area contributed by atoms with Crippen LogP contribution >= 0.6 is 11.8 Å². The predicted octanol–water partition coefficient (Wildman–Crippen LogP) is 3.57. The van der Waals surface area contributed by atoms with Gasteiger partial charge in [0.2, 0.25) is 0 Å². The van der Waals surface area contributed by atoms with E-state index in [1.165, 1.54) is 42.5 Å². The van der Waals surface area contributed by atoms with Crippen LogP contribution in [0.1, 0.15) is 28.8 Å². The van der Waals surface area contributed by atoms with Gasteiger partial charge in [-0.3, -0.25) is 39.5 Å². The van der Waals surface area contributed by atoms with E-state index in [2.05, 4.69) is 5.32 Å². The first-order chi connectivity index (χ1) is 17.2. The SMILES string of the molecule is O=C(NCCN1C(=O)S/C(=C/c2ccc([N+](=O)[O-])cc2)C1=O)c1cc([N+](=O)[O-])ccc1N1CCCC1. The standard InChI is InChI=1S/C23H21N5O7S/c29-21(18-14-17(28(34)35)7-8-19(18)25-10-1-2-11-25)24-9-12-26-22(30)20(36-23(26)31)13-15-3-5-16(6-4-15)27(32)33/h3-8,13-14H,1-2,9-12H2,(H,24,29)/b20-13+. The molecule has 12 nitrogen and oxygen atoms in total. The first-order valence-electron chi connectivity index (χ1n) is 11.1. The second-order valence-corrected chi connectivity index (χ2v) is 9.08. The Bertz CT molecular complexity index is 1270. The Morgan fingerprint density at radius 3 is 2.28 bits per heavy atom. The van der Waals surface area contributed by atoms with Crippen LogP contribution in [-0.2, 0) is 4.79 Å². The zero-order chi connectivity index (χ0) is 25.8. The highest BCUT2D eigenvalue weighted by atomic mass is 32.2. The Hall–Kier alpha value is -4.26. The van der Waals surface area contributed by atoms with Crippen molar-refractivity contribution in [1.29, 1.82) is 0 Å². The number of nitro groups is 2. The lowest BCUT2D eigenvalue weighted by atomic mass is 10.1. The summed E-state index contributed by atoms with van der Waals surface area (Å²) in [4.78, 5) is 62.0. The fourth-order valence-electron chi connectivity index (χ4n) is 3.97. The molecule has 0 bridgehead atoms. The molecule has 2 aliphatic rings. The fraction of sp³-hybridized carbons (Fsp3) is 0.261. The molecule has 1 N–H and O–H groups in total. The number of non-ortho nitro benzene ring substituents is 2. The van der Waals surface area contributed by atoms with Gasteiger partial charge in [-0.25, -0.2) is 0 Å². The molecule has 2 aromatic carbocycles. The van der Waals surface area contributed by atoms with Crippen LogP contribution in [0.15, 0.2) is 47.4 Å². The molecule has 4 rings (SSSR count). The lowest BCUT2D eigenvalue weighted by molar-refractivity contribution is -0.385. The van der Waals surface area contributed by atoms with Crippen molar-refractivity contribution in [3.63, 3.8) is 0 Å². The molecular formula is C23H21N5O7S. The van der Waals surface area contributed by atoms with Crippen molar-refractivity contribution in [2.24, 2.45) is 0 Å². The fourth-order valence-corrected chi connectivity index (χ4v) is 4.83. The van der Waals surface area contributed by atoms with Gasteiger partial charge in [-0.05, 0) is 54.4 Å². The monoisotopic (exact) mass is 511 g/mol. The summed E-state index contributed by atoms with van der Waals surface area (Å²) in [6.45, 7) is 1.37. The van der Waals surface area contributed by atoms with Crippen LogP contribution in [0.5, 0.6) is 0 Å². The zero-order valence-electron chi connectivity index (χ0n) is 18.9. The van der Waals surface area contributed by atoms with E-state index in [1.54, 1.807) is 6.07 Å². The largest absolute Gasteiger partial charge is 0.371 e. The number of hydrogen-bond donors (Lipinski definition) is 1. The van der Waals surface area contributed by atoms with Gasteiger partial charge in [0.05, 0.1) is 26.0 Å². The lowest BCUT2D eigenvalue weighted by Gasteiger charge is -2.21. The van der Waals surface area contributed by atoms with Crippen molar-refractivity contribution in [2.75, 3.05) is 31.1 Å². The van der Waals surface area contributed by atoms with Crippen LogP contribution in [-0.4, -0.2) is 58.0 Å². The van der Waals surface area contributed by atoms with Crippen molar-refractivity contribution in [1.82, 2.24) is 10.2 Å². The molecule has 2 saturated heterocycles. The summed E-state index contributed by atoms with van der Waals surface area (Å²) in [6, 6.07) is 9.72. The highest BCUT2D eigenvalue weighted by molar-refractivity contribution is 8.18. The summed E-state index contributed by atoms with van der Waals surface area (Å²) in [5.41, 5.74) is 1.00. The van der Waals surface area contributed by atoms with Crippen LogP contribution in [0.4, 0.5) is 21.9 Å². The third-order valence-corrected chi connectivity index (χ3v) is 6.69. The molecule has 2 heterocycles. The van der Waals surface area contributed by atoms with Crippen LogP contribution in [0.3, 0.4) is 0 Å². The molecule has 2 fully saturated rings. The first-order valence-corrected chi connectivity index (χ1v) is 11.9. The minimum absolute atomic E-state index is 0.0379. The second kappa shape index (κ2) is 10.6. The van der Waals surface area contributed by atoms with Gasteiger partial charge >= 0.3 is 0 Å². The van der Waals surface area contributed by atoms with Gasteiger partial charge in [-0.2, -0.15) is 0 Å². The summed E-state index contributed by atoms with van der Waals surface area (Å²) < 4.78 is 0. The molecule has 0 spiro atoms. The molecule has 0 aliphatic carbocycles. The molecule has 2 aromatic rings. The topological polar surface area (TPSA) is 156 Å². The Kier molecular flexibility index (Phi) is 7.29. The number of carbonyl (C=O) groups excluding carboxylic acids is 3. The van der Waals surface area contributed by atoms with Gasteiger partial charge < -0.3 is 10.2 Å². The Morgan fingerprint density at radius 1 is 1.00 bits per heavy atom. The number of carbonyl (C=O) groups is 3.